The number of carbonyl (C=O) groups excluding carboxylic acids is 1. The van der Waals surface area contributed by atoms with E-state index in [-0.39, 0.29) is 5.78 Å². The summed E-state index contributed by atoms with van der Waals surface area (Å²) in [7, 11) is 0. The van der Waals surface area contributed by atoms with Crippen LogP contribution in [0.2, 0.25) is 0 Å². The SMILES string of the molecule is O=C(/C=C/c1ccc2c(c1)OCCO2)c1cccc(Br)c1. The third kappa shape index (κ3) is 3.34. The lowest BCUT2D eigenvalue weighted by Crippen LogP contribution is -2.15. The van der Waals surface area contributed by atoms with Crippen molar-refractivity contribution in [3.63, 3.8) is 0 Å². The van der Waals surface area contributed by atoms with E-state index in [4.69, 9.17) is 9.47 Å². The monoisotopic (exact) mass is 344 g/mol. The molecule has 0 saturated heterocycles. The molecular weight excluding hydrogens is 332 g/mol. The normalized spacial score (nSPS) is 13.4. The van der Waals surface area contributed by atoms with Gasteiger partial charge in [0, 0.05) is 10.0 Å². The van der Waals surface area contributed by atoms with Gasteiger partial charge in [0.25, 0.3) is 0 Å². The van der Waals surface area contributed by atoms with Crippen molar-refractivity contribution in [3.8, 4) is 11.5 Å². The van der Waals surface area contributed by atoms with Gasteiger partial charge in [0.05, 0.1) is 0 Å². The highest BCUT2D eigenvalue weighted by molar-refractivity contribution is 9.10. The number of rotatable bonds is 3. The zero-order valence-corrected chi connectivity index (χ0v) is 12.8. The Morgan fingerprint density at radius 3 is 2.67 bits per heavy atom. The van der Waals surface area contributed by atoms with Crippen LogP contribution in [-0.2, 0) is 0 Å². The largest absolute Gasteiger partial charge is 0.486 e. The summed E-state index contributed by atoms with van der Waals surface area (Å²) >= 11 is 3.36. The van der Waals surface area contributed by atoms with E-state index in [1.807, 2.05) is 30.3 Å². The Morgan fingerprint density at radius 1 is 1.05 bits per heavy atom. The minimum atomic E-state index is -0.0359. The van der Waals surface area contributed by atoms with Gasteiger partial charge in [-0.1, -0.05) is 40.2 Å². The van der Waals surface area contributed by atoms with Gasteiger partial charge < -0.3 is 9.47 Å². The summed E-state index contributed by atoms with van der Waals surface area (Å²) < 4.78 is 11.9. The Labute approximate surface area is 131 Å². The minimum Gasteiger partial charge on any atom is -0.486 e. The highest BCUT2D eigenvalue weighted by Gasteiger charge is 2.10. The van der Waals surface area contributed by atoms with Gasteiger partial charge in [0.1, 0.15) is 13.2 Å². The van der Waals surface area contributed by atoms with E-state index < -0.39 is 0 Å². The van der Waals surface area contributed by atoms with Gasteiger partial charge in [-0.25, -0.2) is 0 Å². The molecule has 0 N–H and O–H groups in total. The van der Waals surface area contributed by atoms with Crippen molar-refractivity contribution in [1.29, 1.82) is 0 Å². The Morgan fingerprint density at radius 2 is 1.86 bits per heavy atom. The molecule has 1 aliphatic heterocycles. The number of hydrogen-bond donors (Lipinski definition) is 0. The van der Waals surface area contributed by atoms with Crippen molar-refractivity contribution in [3.05, 3.63) is 64.1 Å². The second kappa shape index (κ2) is 6.14. The van der Waals surface area contributed by atoms with E-state index in [1.165, 1.54) is 0 Å². The minimum absolute atomic E-state index is 0.0359. The van der Waals surface area contributed by atoms with Gasteiger partial charge in [-0.05, 0) is 35.9 Å². The van der Waals surface area contributed by atoms with Gasteiger partial charge in [-0.15, -0.1) is 0 Å². The molecule has 0 aromatic heterocycles. The maximum atomic E-state index is 12.1. The second-order valence-electron chi connectivity index (χ2n) is 4.61. The van der Waals surface area contributed by atoms with Crippen LogP contribution in [0.5, 0.6) is 11.5 Å². The molecule has 106 valence electrons. The smallest absolute Gasteiger partial charge is 0.185 e. The van der Waals surface area contributed by atoms with Gasteiger partial charge in [-0.2, -0.15) is 0 Å². The molecule has 2 aromatic carbocycles. The Balaban J connectivity index is 1.78. The zero-order valence-electron chi connectivity index (χ0n) is 11.2. The van der Waals surface area contributed by atoms with Crippen molar-refractivity contribution in [2.75, 3.05) is 13.2 Å². The Bertz CT molecular complexity index is 707. The summed E-state index contributed by atoms with van der Waals surface area (Å²) in [6, 6.07) is 13.0. The molecule has 0 aliphatic carbocycles. The van der Waals surface area contributed by atoms with Crippen LogP contribution in [0.3, 0.4) is 0 Å². The lowest BCUT2D eigenvalue weighted by Gasteiger charge is -2.18. The average molecular weight is 345 g/mol. The number of carbonyl (C=O) groups is 1. The van der Waals surface area contributed by atoms with Gasteiger partial charge in [0.2, 0.25) is 0 Å². The fraction of sp³-hybridized carbons (Fsp3) is 0.118. The van der Waals surface area contributed by atoms with E-state index >= 15 is 0 Å². The molecule has 1 aliphatic rings. The number of benzene rings is 2. The summed E-state index contributed by atoms with van der Waals surface area (Å²) in [4.78, 5) is 12.1. The third-order valence-corrected chi connectivity index (χ3v) is 3.60. The van der Waals surface area contributed by atoms with Crippen molar-refractivity contribution in [1.82, 2.24) is 0 Å². The second-order valence-corrected chi connectivity index (χ2v) is 5.53. The first-order valence-electron chi connectivity index (χ1n) is 6.60. The van der Waals surface area contributed by atoms with Crippen molar-refractivity contribution < 1.29 is 14.3 Å². The topological polar surface area (TPSA) is 35.5 Å². The predicted molar refractivity (Wildman–Crippen MR) is 84.9 cm³/mol. The van der Waals surface area contributed by atoms with Crippen LogP contribution in [0, 0.1) is 0 Å². The molecule has 0 radical (unpaired) electrons. The third-order valence-electron chi connectivity index (χ3n) is 3.10. The number of fused-ring (bicyclic) bond motifs is 1. The maximum Gasteiger partial charge on any atom is 0.185 e. The molecule has 0 spiro atoms. The molecule has 0 bridgehead atoms. The van der Waals surface area contributed by atoms with Crippen molar-refractivity contribution >= 4 is 27.8 Å². The van der Waals surface area contributed by atoms with Crippen LogP contribution in [0.4, 0.5) is 0 Å². The highest BCUT2D eigenvalue weighted by atomic mass is 79.9. The van der Waals surface area contributed by atoms with Gasteiger partial charge >= 0.3 is 0 Å². The molecule has 3 rings (SSSR count). The Hall–Kier alpha value is -2.07. The zero-order chi connectivity index (χ0) is 14.7. The summed E-state index contributed by atoms with van der Waals surface area (Å²) in [5, 5.41) is 0. The van der Waals surface area contributed by atoms with Crippen LogP contribution < -0.4 is 9.47 Å². The summed E-state index contributed by atoms with van der Waals surface area (Å²) in [5.74, 6) is 1.43. The van der Waals surface area contributed by atoms with Gasteiger partial charge in [-0.3, -0.25) is 4.79 Å². The molecule has 3 nitrogen and oxygen atoms in total. The first-order chi connectivity index (χ1) is 10.2. The summed E-state index contributed by atoms with van der Waals surface area (Å²) in [6.07, 6.45) is 3.34. The molecule has 4 heteroatoms. The predicted octanol–water partition coefficient (Wildman–Crippen LogP) is 4.12. The first kappa shape index (κ1) is 13.9. The van der Waals surface area contributed by atoms with Crippen LogP contribution in [0.15, 0.2) is 53.0 Å². The molecule has 0 atom stereocenters. The number of ether oxygens (including phenoxy) is 2. The van der Waals surface area contributed by atoms with E-state index in [0.717, 1.165) is 21.5 Å². The van der Waals surface area contributed by atoms with E-state index in [1.54, 1.807) is 24.3 Å². The molecule has 2 aromatic rings. The van der Waals surface area contributed by atoms with Crippen LogP contribution in [0.1, 0.15) is 15.9 Å². The van der Waals surface area contributed by atoms with E-state index in [9.17, 15) is 4.79 Å². The molecule has 1 heterocycles. The lowest BCUT2D eigenvalue weighted by molar-refractivity contribution is 0.104. The van der Waals surface area contributed by atoms with Gasteiger partial charge in [0.15, 0.2) is 17.3 Å². The standard InChI is InChI=1S/C17H13BrO3/c18-14-3-1-2-13(11-14)15(19)6-4-12-5-7-16-17(10-12)21-9-8-20-16/h1-7,10-11H,8-9H2/b6-4+. The highest BCUT2D eigenvalue weighted by Crippen LogP contribution is 2.31. The molecule has 0 unspecified atom stereocenters. The molecule has 21 heavy (non-hydrogen) atoms. The summed E-state index contributed by atoms with van der Waals surface area (Å²) in [6.45, 7) is 1.13. The van der Waals surface area contributed by atoms with Crippen LogP contribution >= 0.6 is 15.9 Å². The number of ketones is 1. The first-order valence-corrected chi connectivity index (χ1v) is 7.39. The van der Waals surface area contributed by atoms with Crippen LogP contribution in [-0.4, -0.2) is 19.0 Å². The molecule has 0 saturated carbocycles. The fourth-order valence-electron chi connectivity index (χ4n) is 2.07. The van der Waals surface area contributed by atoms with Crippen LogP contribution in [0.25, 0.3) is 6.08 Å². The fourth-order valence-corrected chi connectivity index (χ4v) is 2.47. The molecular formula is C17H13BrO3. The summed E-state index contributed by atoms with van der Waals surface area (Å²) in [5.41, 5.74) is 1.56. The average Bonchev–Trinajstić information content (AvgIpc) is 2.52. The number of hydrogen-bond acceptors (Lipinski definition) is 3. The lowest BCUT2D eigenvalue weighted by atomic mass is 10.1. The van der Waals surface area contributed by atoms with Crippen molar-refractivity contribution in [2.45, 2.75) is 0 Å². The number of halogens is 1. The quantitative estimate of drug-likeness (QED) is 0.620. The van der Waals surface area contributed by atoms with E-state index in [0.29, 0.717) is 18.8 Å². The molecule has 0 amide bonds. The Kier molecular flexibility index (Phi) is 4.06. The molecule has 0 fully saturated rings. The van der Waals surface area contributed by atoms with Crippen molar-refractivity contribution in [2.24, 2.45) is 0 Å². The van der Waals surface area contributed by atoms with E-state index in [2.05, 4.69) is 15.9 Å². The number of allylic oxidation sites excluding steroid dienone is 1. The maximum absolute atomic E-state index is 12.1.